The largest absolute Gasteiger partial charge is 0.376 e. The number of aryl methyl sites for hydroxylation is 1. The lowest BCUT2D eigenvalue weighted by Crippen LogP contribution is -2.26. The lowest BCUT2D eigenvalue weighted by atomic mass is 10.1. The van der Waals surface area contributed by atoms with Gasteiger partial charge in [0.05, 0.1) is 6.54 Å². The van der Waals surface area contributed by atoms with E-state index in [9.17, 15) is 9.59 Å². The molecule has 0 bridgehead atoms. The Labute approximate surface area is 147 Å². The summed E-state index contributed by atoms with van der Waals surface area (Å²) in [4.78, 5) is 24.2. The quantitative estimate of drug-likeness (QED) is 0.727. The lowest BCUT2D eigenvalue weighted by Gasteiger charge is -2.10. The maximum Gasteiger partial charge on any atom is 0.251 e. The van der Waals surface area contributed by atoms with Crippen molar-refractivity contribution in [3.05, 3.63) is 59.7 Å². The average Bonchev–Trinajstić information content (AvgIpc) is 3.44. The van der Waals surface area contributed by atoms with Crippen LogP contribution < -0.4 is 16.0 Å². The highest BCUT2D eigenvalue weighted by atomic mass is 16.2. The number of rotatable bonds is 7. The fourth-order valence-electron chi connectivity index (χ4n) is 2.48. The normalized spacial score (nSPS) is 13.2. The Hall–Kier alpha value is -2.82. The first-order valence-electron chi connectivity index (χ1n) is 8.67. The van der Waals surface area contributed by atoms with Crippen LogP contribution in [-0.2, 0) is 11.2 Å². The van der Waals surface area contributed by atoms with Crippen LogP contribution in [0.25, 0.3) is 0 Å². The summed E-state index contributed by atoms with van der Waals surface area (Å²) < 4.78 is 0. The number of nitrogens with one attached hydrogen (secondary N) is 3. The van der Waals surface area contributed by atoms with Gasteiger partial charge in [0.2, 0.25) is 5.91 Å². The van der Waals surface area contributed by atoms with Gasteiger partial charge >= 0.3 is 0 Å². The maximum absolute atomic E-state index is 12.1. The van der Waals surface area contributed by atoms with Gasteiger partial charge in [-0.1, -0.05) is 25.1 Å². The highest BCUT2D eigenvalue weighted by molar-refractivity contribution is 5.98. The second-order valence-electron chi connectivity index (χ2n) is 6.28. The van der Waals surface area contributed by atoms with Crippen LogP contribution >= 0.6 is 0 Å². The van der Waals surface area contributed by atoms with Crippen LogP contribution in [0.5, 0.6) is 0 Å². The predicted molar refractivity (Wildman–Crippen MR) is 99.9 cm³/mol. The first-order valence-corrected chi connectivity index (χ1v) is 8.67. The van der Waals surface area contributed by atoms with Gasteiger partial charge in [-0.3, -0.25) is 9.59 Å². The molecular weight excluding hydrogens is 314 g/mol. The van der Waals surface area contributed by atoms with Gasteiger partial charge in [0.15, 0.2) is 0 Å². The van der Waals surface area contributed by atoms with E-state index in [-0.39, 0.29) is 18.4 Å². The van der Waals surface area contributed by atoms with Crippen molar-refractivity contribution in [1.29, 1.82) is 0 Å². The van der Waals surface area contributed by atoms with E-state index in [4.69, 9.17) is 0 Å². The van der Waals surface area contributed by atoms with Crippen LogP contribution in [0, 0.1) is 0 Å². The minimum Gasteiger partial charge on any atom is -0.376 e. The summed E-state index contributed by atoms with van der Waals surface area (Å²) in [7, 11) is 0. The molecule has 5 heteroatoms. The molecule has 0 aliphatic heterocycles. The van der Waals surface area contributed by atoms with Gasteiger partial charge in [-0.05, 0) is 55.2 Å². The van der Waals surface area contributed by atoms with Crippen LogP contribution in [0.4, 0.5) is 11.4 Å². The van der Waals surface area contributed by atoms with Gasteiger partial charge < -0.3 is 16.0 Å². The molecule has 2 amide bonds. The lowest BCUT2D eigenvalue weighted by molar-refractivity contribution is -0.114. The number of hydrogen-bond acceptors (Lipinski definition) is 3. The zero-order valence-corrected chi connectivity index (χ0v) is 14.3. The highest BCUT2D eigenvalue weighted by Gasteiger charge is 2.23. The molecule has 3 N–H and O–H groups in total. The molecule has 0 unspecified atom stereocenters. The molecule has 130 valence electrons. The molecule has 0 saturated heterocycles. The topological polar surface area (TPSA) is 70.2 Å². The molecule has 3 rings (SSSR count). The number of carbonyl (C=O) groups is 2. The Balaban J connectivity index is 1.52. The Morgan fingerprint density at radius 3 is 2.48 bits per heavy atom. The summed E-state index contributed by atoms with van der Waals surface area (Å²) >= 11 is 0. The molecule has 25 heavy (non-hydrogen) atoms. The standard InChI is InChI=1S/C20H23N3O2/c1-2-14-6-8-16(9-7-14)21-13-19(24)22-18-5-3-4-15(12-18)20(25)23-17-10-11-17/h3-9,12,17,21H,2,10-11,13H2,1H3,(H,22,24)(H,23,25). The molecule has 0 aromatic heterocycles. The third kappa shape index (κ3) is 5.08. The summed E-state index contributed by atoms with van der Waals surface area (Å²) in [5.74, 6) is -0.243. The Bertz CT molecular complexity index is 752. The zero-order valence-electron chi connectivity index (χ0n) is 14.3. The first-order chi connectivity index (χ1) is 12.1. The van der Waals surface area contributed by atoms with Crippen LogP contribution in [0.2, 0.25) is 0 Å². The average molecular weight is 337 g/mol. The van der Waals surface area contributed by atoms with Crippen LogP contribution in [0.3, 0.4) is 0 Å². The van der Waals surface area contributed by atoms with E-state index < -0.39 is 0 Å². The molecule has 1 saturated carbocycles. The van der Waals surface area contributed by atoms with Gasteiger partial charge in [-0.25, -0.2) is 0 Å². The second kappa shape index (κ2) is 7.83. The number of amides is 2. The van der Waals surface area contributed by atoms with Crippen molar-refractivity contribution >= 4 is 23.2 Å². The van der Waals surface area contributed by atoms with Gasteiger partial charge in [0.25, 0.3) is 5.91 Å². The molecule has 1 aliphatic carbocycles. The molecule has 0 heterocycles. The van der Waals surface area contributed by atoms with Crippen molar-refractivity contribution in [1.82, 2.24) is 5.32 Å². The highest BCUT2D eigenvalue weighted by Crippen LogP contribution is 2.20. The third-order valence-electron chi connectivity index (χ3n) is 4.14. The first kappa shape index (κ1) is 17.0. The Morgan fingerprint density at radius 1 is 1.04 bits per heavy atom. The van der Waals surface area contributed by atoms with Crippen molar-refractivity contribution in [2.45, 2.75) is 32.2 Å². The molecule has 0 atom stereocenters. The summed E-state index contributed by atoms with van der Waals surface area (Å²) in [5.41, 5.74) is 3.35. The maximum atomic E-state index is 12.1. The SMILES string of the molecule is CCc1ccc(NCC(=O)Nc2cccc(C(=O)NC3CC3)c2)cc1. The zero-order chi connectivity index (χ0) is 17.6. The van der Waals surface area contributed by atoms with Crippen molar-refractivity contribution in [3.63, 3.8) is 0 Å². The van der Waals surface area contributed by atoms with Crippen LogP contribution in [-0.4, -0.2) is 24.4 Å². The molecule has 0 spiro atoms. The molecule has 5 nitrogen and oxygen atoms in total. The van der Waals surface area contributed by atoms with Gasteiger partial charge in [-0.15, -0.1) is 0 Å². The van der Waals surface area contributed by atoms with E-state index in [1.54, 1.807) is 24.3 Å². The van der Waals surface area contributed by atoms with Crippen molar-refractivity contribution < 1.29 is 9.59 Å². The molecule has 0 radical (unpaired) electrons. The molecule has 2 aromatic rings. The molecular formula is C20H23N3O2. The number of benzene rings is 2. The van der Waals surface area contributed by atoms with E-state index in [1.165, 1.54) is 5.56 Å². The van der Waals surface area contributed by atoms with Gasteiger partial charge in [0.1, 0.15) is 0 Å². The third-order valence-corrected chi connectivity index (χ3v) is 4.14. The van der Waals surface area contributed by atoms with Crippen LogP contribution in [0.15, 0.2) is 48.5 Å². The summed E-state index contributed by atoms with van der Waals surface area (Å²) in [6.07, 6.45) is 3.09. The van der Waals surface area contributed by atoms with Crippen molar-refractivity contribution in [2.75, 3.05) is 17.2 Å². The van der Waals surface area contributed by atoms with Gasteiger partial charge in [-0.2, -0.15) is 0 Å². The molecule has 1 aliphatic rings. The van der Waals surface area contributed by atoms with Crippen molar-refractivity contribution in [2.24, 2.45) is 0 Å². The number of anilines is 2. The fraction of sp³-hybridized carbons (Fsp3) is 0.300. The minimum atomic E-state index is -0.153. The predicted octanol–water partition coefficient (Wildman–Crippen LogP) is 3.19. The van der Waals surface area contributed by atoms with E-state index in [1.807, 2.05) is 24.3 Å². The summed E-state index contributed by atoms with van der Waals surface area (Å²) in [5, 5.41) is 8.86. The van der Waals surface area contributed by atoms with Crippen LogP contribution in [0.1, 0.15) is 35.7 Å². The van der Waals surface area contributed by atoms with E-state index in [0.717, 1.165) is 24.9 Å². The Kier molecular flexibility index (Phi) is 5.33. The monoisotopic (exact) mass is 337 g/mol. The Morgan fingerprint density at radius 2 is 1.80 bits per heavy atom. The molecule has 2 aromatic carbocycles. The molecule has 1 fully saturated rings. The van der Waals surface area contributed by atoms with E-state index in [0.29, 0.717) is 17.3 Å². The fourth-order valence-corrected chi connectivity index (χ4v) is 2.48. The minimum absolute atomic E-state index is 0.0901. The van der Waals surface area contributed by atoms with Gasteiger partial charge in [0, 0.05) is 23.0 Å². The van der Waals surface area contributed by atoms with E-state index in [2.05, 4.69) is 22.9 Å². The van der Waals surface area contributed by atoms with Crippen molar-refractivity contribution in [3.8, 4) is 0 Å². The number of carbonyl (C=O) groups excluding carboxylic acids is 2. The smallest absolute Gasteiger partial charge is 0.251 e. The number of hydrogen-bond donors (Lipinski definition) is 3. The summed E-state index contributed by atoms with van der Waals surface area (Å²) in [6, 6.07) is 15.3. The van der Waals surface area contributed by atoms with E-state index >= 15 is 0 Å². The second-order valence-corrected chi connectivity index (χ2v) is 6.28. The summed E-state index contributed by atoms with van der Waals surface area (Å²) in [6.45, 7) is 2.28.